The largest absolute Gasteiger partial charge is 0.480 e. The number of aliphatic carboxylic acids is 1. The molecule has 0 heterocycles. The van der Waals surface area contributed by atoms with E-state index in [0.29, 0.717) is 30.6 Å². The van der Waals surface area contributed by atoms with Gasteiger partial charge in [0.15, 0.2) is 6.61 Å². The van der Waals surface area contributed by atoms with Gasteiger partial charge in [-0.25, -0.2) is 4.79 Å². The zero-order valence-electron chi connectivity index (χ0n) is 23.3. The molecule has 4 rings (SSSR count). The van der Waals surface area contributed by atoms with Crippen molar-refractivity contribution in [1.82, 2.24) is 10.6 Å². The second-order valence-electron chi connectivity index (χ2n) is 12.5. The first-order chi connectivity index (χ1) is 18.0. The molecule has 0 bridgehead atoms. The van der Waals surface area contributed by atoms with Gasteiger partial charge in [-0.05, 0) is 99.4 Å². The second-order valence-corrected chi connectivity index (χ2v) is 12.5. The highest BCUT2D eigenvalue weighted by Gasteiger charge is 2.58. The van der Waals surface area contributed by atoms with Crippen LogP contribution in [0.3, 0.4) is 0 Å². The fraction of sp³-hybridized carbons (Fsp3) is 0.793. The molecular weight excluding hydrogens is 486 g/mol. The molecule has 0 aromatic rings. The summed E-state index contributed by atoms with van der Waals surface area (Å²) < 4.78 is 0. The van der Waals surface area contributed by atoms with Crippen molar-refractivity contribution < 1.29 is 29.4 Å². The monoisotopic (exact) mass is 531 g/mol. The van der Waals surface area contributed by atoms with Crippen LogP contribution in [0.15, 0.2) is 16.8 Å². The summed E-state index contributed by atoms with van der Waals surface area (Å²) >= 11 is 0. The number of hydrogen-bond donors (Lipinski definition) is 4. The van der Waals surface area contributed by atoms with Gasteiger partial charge in [-0.2, -0.15) is 0 Å². The lowest BCUT2D eigenvalue weighted by molar-refractivity contribution is -0.142. The summed E-state index contributed by atoms with van der Waals surface area (Å²) in [5.74, 6) is -0.186. The number of nitrogens with one attached hydrogen (secondary N) is 2. The van der Waals surface area contributed by atoms with Crippen LogP contribution in [0.4, 0.5) is 0 Å². The number of nitrogens with zero attached hydrogens (tertiary/aromatic N) is 1. The molecule has 4 N–H and O–H groups in total. The SMILES string of the molecule is CCCC(NC(=O)C(C)NC(=O)CO/N=C1/C=C2CC[C@H]3[C@@H]4CC[C@@H](O)[C@@]4(C)CC[C@@H]3[C@@]2(C)CC1)C(=O)O. The van der Waals surface area contributed by atoms with Crippen LogP contribution in [0.2, 0.25) is 0 Å². The Morgan fingerprint density at radius 2 is 1.87 bits per heavy atom. The Morgan fingerprint density at radius 1 is 1.11 bits per heavy atom. The molecule has 9 heteroatoms. The topological polar surface area (TPSA) is 137 Å². The zero-order valence-corrected chi connectivity index (χ0v) is 23.3. The minimum Gasteiger partial charge on any atom is -0.480 e. The van der Waals surface area contributed by atoms with Crippen LogP contribution in [0.5, 0.6) is 0 Å². The average Bonchev–Trinajstić information content (AvgIpc) is 3.18. The molecule has 38 heavy (non-hydrogen) atoms. The van der Waals surface area contributed by atoms with Gasteiger partial charge in [-0.15, -0.1) is 0 Å². The molecule has 212 valence electrons. The highest BCUT2D eigenvalue weighted by Crippen LogP contribution is 2.65. The number of carbonyl (C=O) groups is 3. The number of rotatable bonds is 9. The summed E-state index contributed by atoms with van der Waals surface area (Å²) in [4.78, 5) is 41.2. The Labute approximate surface area is 225 Å². The van der Waals surface area contributed by atoms with Crippen molar-refractivity contribution >= 4 is 23.5 Å². The molecule has 0 aromatic heterocycles. The van der Waals surface area contributed by atoms with E-state index in [9.17, 15) is 24.6 Å². The summed E-state index contributed by atoms with van der Waals surface area (Å²) in [5.41, 5.74) is 2.52. The first-order valence-electron chi connectivity index (χ1n) is 14.4. The maximum absolute atomic E-state index is 12.3. The highest BCUT2D eigenvalue weighted by molar-refractivity contribution is 5.96. The van der Waals surface area contributed by atoms with Crippen LogP contribution < -0.4 is 10.6 Å². The number of oxime groups is 1. The van der Waals surface area contributed by atoms with Crippen molar-refractivity contribution in [1.29, 1.82) is 0 Å². The normalized spacial score (nSPS) is 36.7. The molecule has 4 aliphatic rings. The third-order valence-electron chi connectivity index (χ3n) is 10.3. The van der Waals surface area contributed by atoms with Gasteiger partial charge in [0.05, 0.1) is 11.8 Å². The minimum absolute atomic E-state index is 0.0834. The van der Waals surface area contributed by atoms with Crippen LogP contribution in [0, 0.1) is 28.6 Å². The summed E-state index contributed by atoms with van der Waals surface area (Å²) in [5, 5.41) is 29.1. The predicted molar refractivity (Wildman–Crippen MR) is 143 cm³/mol. The number of carbonyl (C=O) groups excluding carboxylic acids is 2. The third-order valence-corrected chi connectivity index (χ3v) is 10.3. The van der Waals surface area contributed by atoms with Crippen LogP contribution >= 0.6 is 0 Å². The Bertz CT molecular complexity index is 995. The van der Waals surface area contributed by atoms with Crippen LogP contribution in [0.25, 0.3) is 0 Å². The van der Waals surface area contributed by atoms with Crippen LogP contribution in [-0.4, -0.2) is 58.5 Å². The molecule has 0 radical (unpaired) electrons. The van der Waals surface area contributed by atoms with E-state index < -0.39 is 29.9 Å². The van der Waals surface area contributed by atoms with Gasteiger partial charge in [-0.1, -0.05) is 37.9 Å². The van der Waals surface area contributed by atoms with Gasteiger partial charge in [0.2, 0.25) is 5.91 Å². The molecule has 0 spiro atoms. The molecule has 3 fully saturated rings. The van der Waals surface area contributed by atoms with E-state index in [4.69, 9.17) is 4.84 Å². The number of amides is 2. The lowest BCUT2D eigenvalue weighted by atomic mass is 9.47. The van der Waals surface area contributed by atoms with Crippen molar-refractivity contribution in [2.24, 2.45) is 33.7 Å². The fourth-order valence-electron chi connectivity index (χ4n) is 7.98. The molecule has 0 aliphatic heterocycles. The molecule has 3 saturated carbocycles. The first-order valence-corrected chi connectivity index (χ1v) is 14.4. The van der Waals surface area contributed by atoms with Crippen molar-refractivity contribution in [3.05, 3.63) is 11.6 Å². The van der Waals surface area contributed by atoms with Crippen LogP contribution in [0.1, 0.15) is 91.9 Å². The molecule has 2 unspecified atom stereocenters. The average molecular weight is 532 g/mol. The molecule has 9 nitrogen and oxygen atoms in total. The number of fused-ring (bicyclic) bond motifs is 5. The van der Waals surface area contributed by atoms with Gasteiger partial charge < -0.3 is 25.7 Å². The van der Waals surface area contributed by atoms with Crippen LogP contribution in [-0.2, 0) is 19.2 Å². The van der Waals surface area contributed by atoms with Gasteiger partial charge in [0.25, 0.3) is 5.91 Å². The number of aliphatic hydroxyl groups excluding tert-OH is 1. The van der Waals surface area contributed by atoms with Crippen molar-refractivity contribution in [2.75, 3.05) is 6.61 Å². The van der Waals surface area contributed by atoms with E-state index >= 15 is 0 Å². The minimum atomic E-state index is -1.09. The van der Waals surface area contributed by atoms with Crippen molar-refractivity contribution in [2.45, 2.75) is 110 Å². The molecule has 0 saturated heterocycles. The number of aliphatic hydroxyl groups is 1. The summed E-state index contributed by atoms with van der Waals surface area (Å²) in [7, 11) is 0. The maximum atomic E-state index is 12.3. The standard InChI is InChI=1S/C29H45N3O6/c1-5-6-23(27(36)37)31-26(35)17(2)30-25(34)16-38-32-19-11-13-28(3)18(15-19)7-8-20-21-9-10-24(33)29(21,4)14-12-22(20)28/h15,17,20-24,33H,5-14,16H2,1-4H3,(H,30,34)(H,31,35)(H,36,37)/b32-19+/t17?,20-,21-,22-,23?,24+,28-,29-/m0/s1. The van der Waals surface area contributed by atoms with Crippen molar-refractivity contribution in [3.8, 4) is 0 Å². The maximum Gasteiger partial charge on any atom is 0.326 e. The highest BCUT2D eigenvalue weighted by atomic mass is 16.6. The Balaban J connectivity index is 1.30. The number of allylic oxidation sites excluding steroid dienone is 2. The van der Waals surface area contributed by atoms with E-state index in [-0.39, 0.29) is 23.5 Å². The quantitative estimate of drug-likeness (QED) is 0.336. The van der Waals surface area contributed by atoms with Gasteiger partial charge in [0.1, 0.15) is 12.1 Å². The number of hydrogen-bond acceptors (Lipinski definition) is 6. The molecule has 8 atom stereocenters. The smallest absolute Gasteiger partial charge is 0.326 e. The summed E-state index contributed by atoms with van der Waals surface area (Å²) in [6, 6.07) is -1.86. The fourth-order valence-corrected chi connectivity index (χ4v) is 7.98. The second kappa shape index (κ2) is 11.4. The zero-order chi connectivity index (χ0) is 27.7. The molecular formula is C29H45N3O6. The lowest BCUT2D eigenvalue weighted by Crippen LogP contribution is -2.51. The van der Waals surface area contributed by atoms with Gasteiger partial charge in [-0.3, -0.25) is 9.59 Å². The van der Waals surface area contributed by atoms with E-state index in [2.05, 4.69) is 35.7 Å². The van der Waals surface area contributed by atoms with E-state index in [1.165, 1.54) is 18.9 Å². The first kappa shape index (κ1) is 28.6. The summed E-state index contributed by atoms with van der Waals surface area (Å²) in [6.45, 7) is 7.76. The summed E-state index contributed by atoms with van der Waals surface area (Å²) in [6.07, 6.45) is 11.3. The van der Waals surface area contributed by atoms with E-state index in [0.717, 1.165) is 50.7 Å². The Hall–Kier alpha value is -2.42. The molecule has 0 aromatic carbocycles. The van der Waals surface area contributed by atoms with Crippen molar-refractivity contribution in [3.63, 3.8) is 0 Å². The number of carboxylic acids is 1. The lowest BCUT2D eigenvalue weighted by Gasteiger charge is -2.57. The van der Waals surface area contributed by atoms with E-state index in [1.54, 1.807) is 0 Å². The third kappa shape index (κ3) is 5.49. The Kier molecular flexibility index (Phi) is 8.55. The van der Waals surface area contributed by atoms with Gasteiger partial charge >= 0.3 is 5.97 Å². The molecule has 4 aliphatic carbocycles. The number of carboxylic acid groups (broad SMARTS) is 1. The van der Waals surface area contributed by atoms with Gasteiger partial charge in [0, 0.05) is 0 Å². The van der Waals surface area contributed by atoms with E-state index in [1.807, 2.05) is 6.92 Å². The Morgan fingerprint density at radius 3 is 2.58 bits per heavy atom. The molecule has 2 amide bonds. The predicted octanol–water partition coefficient (Wildman–Crippen LogP) is 3.56.